The van der Waals surface area contributed by atoms with E-state index in [1.54, 1.807) is 0 Å². The molecule has 3 rings (SSSR count). The molecule has 1 atom stereocenters. The lowest BCUT2D eigenvalue weighted by atomic mass is 10.2. The van der Waals surface area contributed by atoms with Gasteiger partial charge >= 0.3 is 12.4 Å². The van der Waals surface area contributed by atoms with Crippen molar-refractivity contribution in [3.05, 3.63) is 47.0 Å². The molecule has 0 fully saturated rings. The summed E-state index contributed by atoms with van der Waals surface area (Å²) in [6.45, 7) is -1.88. The van der Waals surface area contributed by atoms with Gasteiger partial charge in [0, 0.05) is 17.9 Å². The van der Waals surface area contributed by atoms with Crippen molar-refractivity contribution >= 4 is 26.6 Å². The van der Waals surface area contributed by atoms with Crippen LogP contribution in [0.1, 0.15) is 34.0 Å². The van der Waals surface area contributed by atoms with E-state index in [1.807, 2.05) is 6.07 Å². The van der Waals surface area contributed by atoms with Crippen LogP contribution in [0.15, 0.2) is 35.6 Å². The molecule has 10 nitrogen and oxygen atoms in total. The monoisotopic (exact) mass is 520 g/mol. The van der Waals surface area contributed by atoms with Crippen molar-refractivity contribution in [2.45, 2.75) is 30.2 Å². The van der Waals surface area contributed by atoms with Gasteiger partial charge in [-0.2, -0.15) is 36.8 Å². The maximum absolute atomic E-state index is 13.4. The van der Waals surface area contributed by atoms with E-state index < -0.39 is 49.9 Å². The van der Waals surface area contributed by atoms with Crippen LogP contribution in [0.25, 0.3) is 5.13 Å². The van der Waals surface area contributed by atoms with Gasteiger partial charge in [-0.15, -0.1) is 9.35 Å². The first-order valence-corrected chi connectivity index (χ1v) is 12.4. The summed E-state index contributed by atoms with van der Waals surface area (Å²) in [7, 11) is -5.81. The first-order chi connectivity index (χ1) is 15.8. The van der Waals surface area contributed by atoms with E-state index in [0.717, 1.165) is 17.4 Å². The van der Waals surface area contributed by atoms with Gasteiger partial charge in [0.2, 0.25) is 5.13 Å². The first-order valence-electron chi connectivity index (χ1n) is 9.14. The van der Waals surface area contributed by atoms with Gasteiger partial charge < -0.3 is 10.1 Å². The van der Waals surface area contributed by atoms with Gasteiger partial charge in [-0.05, 0) is 19.1 Å². The molecule has 3 aromatic rings. The fourth-order valence-corrected chi connectivity index (χ4v) is 4.42. The highest BCUT2D eigenvalue weighted by Crippen LogP contribution is 2.38. The number of amides is 1. The normalized spacial score (nSPS) is 13.8. The van der Waals surface area contributed by atoms with Gasteiger partial charge in [-0.25, -0.2) is 9.97 Å². The summed E-state index contributed by atoms with van der Waals surface area (Å²) in [6, 6.07) is 3.12. The number of aromatic nitrogens is 4. The standard InChI is InChI=1S/C18H16F4N6O4S2/c1-9(14-25-8-26-28(14)18-24-7-12(6-23)33-18)27-15(29)10-3-11(32-16(19)20)5-13(4-10)34(2,30,31)17(21)22/h3-5,7-9,16-17H,1-2H3,(H,27,29)(H,30,31)/t9-/m0/s1. The number of benzene rings is 1. The molecule has 0 spiro atoms. The smallest absolute Gasteiger partial charge is 0.387 e. The van der Waals surface area contributed by atoms with Crippen LogP contribution in [0.2, 0.25) is 0 Å². The van der Waals surface area contributed by atoms with Crippen LogP contribution in [0.3, 0.4) is 0 Å². The van der Waals surface area contributed by atoms with E-state index in [-0.39, 0.29) is 11.0 Å². The Bertz CT molecular complexity index is 1330. The lowest BCUT2D eigenvalue weighted by Crippen LogP contribution is -2.39. The fourth-order valence-electron chi connectivity index (χ4n) is 2.72. The maximum Gasteiger partial charge on any atom is 0.387 e. The summed E-state index contributed by atoms with van der Waals surface area (Å²) in [5, 5.41) is 15.7. The van der Waals surface area contributed by atoms with Gasteiger partial charge in [0.1, 0.15) is 23.0 Å². The summed E-state index contributed by atoms with van der Waals surface area (Å²) in [6.07, 6.45) is 2.85. The second-order valence-electron chi connectivity index (χ2n) is 7.03. The van der Waals surface area contributed by atoms with Crippen LogP contribution in [0.5, 0.6) is 5.75 Å². The SMILES string of the molecule is C[C@H](NC(=O)c1cc(OC(F)F)cc(S(C)(=O)(O)C(F)F)c1)c1ncnn1-c1ncc(C#N)s1. The average molecular weight is 520 g/mol. The third-order valence-electron chi connectivity index (χ3n) is 4.45. The predicted molar refractivity (Wildman–Crippen MR) is 112 cm³/mol. The molecule has 0 bridgehead atoms. The van der Waals surface area contributed by atoms with Crippen molar-refractivity contribution in [1.82, 2.24) is 25.1 Å². The van der Waals surface area contributed by atoms with Crippen LogP contribution >= 0.6 is 11.3 Å². The quantitative estimate of drug-likeness (QED) is 0.431. The molecule has 182 valence electrons. The number of carbonyl (C=O) groups is 1. The van der Waals surface area contributed by atoms with Crippen LogP contribution in [-0.4, -0.2) is 53.0 Å². The third-order valence-corrected chi connectivity index (χ3v) is 7.55. The van der Waals surface area contributed by atoms with Crippen molar-refractivity contribution in [2.24, 2.45) is 0 Å². The molecule has 16 heteroatoms. The molecule has 2 N–H and O–H groups in total. The van der Waals surface area contributed by atoms with Gasteiger partial charge in [-0.1, -0.05) is 11.3 Å². The van der Waals surface area contributed by atoms with Crippen LogP contribution < -0.4 is 10.1 Å². The summed E-state index contributed by atoms with van der Waals surface area (Å²) >= 11 is 1.01. The number of alkyl halides is 4. The molecule has 1 aromatic carbocycles. The minimum atomic E-state index is -5.81. The Kier molecular flexibility index (Phi) is 6.73. The van der Waals surface area contributed by atoms with Crippen LogP contribution in [0.4, 0.5) is 17.6 Å². The number of nitrogens with zero attached hydrogens (tertiary/aromatic N) is 5. The number of nitrogens with one attached hydrogen (secondary N) is 1. The van der Waals surface area contributed by atoms with Crippen molar-refractivity contribution in [1.29, 1.82) is 5.26 Å². The van der Waals surface area contributed by atoms with Crippen LogP contribution in [0, 0.1) is 11.3 Å². The van der Waals surface area contributed by atoms with Gasteiger partial charge in [0.05, 0.1) is 17.1 Å². The number of hydrogen-bond acceptors (Lipinski definition) is 8. The summed E-state index contributed by atoms with van der Waals surface area (Å²) < 4.78 is 80.3. The number of rotatable bonds is 8. The molecule has 0 radical (unpaired) electrons. The molecule has 34 heavy (non-hydrogen) atoms. The molecule has 0 aliphatic carbocycles. The third kappa shape index (κ3) is 5.05. The van der Waals surface area contributed by atoms with Crippen molar-refractivity contribution < 1.29 is 35.9 Å². The fraction of sp³-hybridized carbons (Fsp3) is 0.278. The molecular formula is C18H16F4N6O4S2. The Morgan fingerprint density at radius 1 is 1.29 bits per heavy atom. The number of carbonyl (C=O) groups excluding carboxylic acids is 1. The second-order valence-corrected chi connectivity index (χ2v) is 11.6. The number of hydrogen-bond donors (Lipinski definition) is 2. The highest BCUT2D eigenvalue weighted by atomic mass is 32.3. The van der Waals surface area contributed by atoms with Crippen molar-refractivity contribution in [2.75, 3.05) is 6.26 Å². The van der Waals surface area contributed by atoms with Gasteiger partial charge in [-0.3, -0.25) is 9.35 Å². The Hall–Kier alpha value is -3.42. The average Bonchev–Trinajstić information content (AvgIpc) is 3.41. The molecule has 0 saturated carbocycles. The zero-order valence-electron chi connectivity index (χ0n) is 17.4. The lowest BCUT2D eigenvalue weighted by Gasteiger charge is -2.38. The molecule has 0 aliphatic rings. The minimum Gasteiger partial charge on any atom is -0.435 e. The van der Waals surface area contributed by atoms with E-state index in [1.165, 1.54) is 24.1 Å². The number of nitriles is 1. The Labute approximate surface area is 193 Å². The van der Waals surface area contributed by atoms with E-state index in [9.17, 15) is 31.1 Å². The predicted octanol–water partition coefficient (Wildman–Crippen LogP) is 3.19. The van der Waals surface area contributed by atoms with Crippen molar-refractivity contribution in [3.8, 4) is 17.0 Å². The molecule has 2 aromatic heterocycles. The van der Waals surface area contributed by atoms with Gasteiger partial charge in [0.25, 0.3) is 5.91 Å². The minimum absolute atomic E-state index is 0.180. The largest absolute Gasteiger partial charge is 0.435 e. The highest BCUT2D eigenvalue weighted by Gasteiger charge is 2.37. The Morgan fingerprint density at radius 3 is 2.59 bits per heavy atom. The van der Waals surface area contributed by atoms with E-state index in [0.29, 0.717) is 23.3 Å². The van der Waals surface area contributed by atoms with Crippen LogP contribution in [-0.2, 0) is 9.35 Å². The summed E-state index contributed by atoms with van der Waals surface area (Å²) in [4.78, 5) is 20.2. The number of ether oxygens (including phenoxy) is 1. The van der Waals surface area contributed by atoms with Crippen molar-refractivity contribution in [3.63, 3.8) is 0 Å². The molecule has 0 saturated heterocycles. The molecule has 0 aliphatic heterocycles. The van der Waals surface area contributed by atoms with Gasteiger partial charge in [0.15, 0.2) is 5.82 Å². The van der Waals surface area contributed by atoms with E-state index in [4.69, 9.17) is 5.26 Å². The molecule has 1 amide bonds. The molecule has 2 heterocycles. The number of thiazole rings is 1. The van der Waals surface area contributed by atoms with E-state index >= 15 is 0 Å². The topological polar surface area (TPSA) is 143 Å². The summed E-state index contributed by atoms with van der Waals surface area (Å²) in [5.41, 5.74) is -0.484. The lowest BCUT2D eigenvalue weighted by molar-refractivity contribution is -0.0500. The molecule has 0 unspecified atom stereocenters. The van der Waals surface area contributed by atoms with E-state index in [2.05, 4.69) is 25.1 Å². The zero-order chi connectivity index (χ0) is 25.3. The first kappa shape index (κ1) is 25.2. The Balaban J connectivity index is 1.95. The zero-order valence-corrected chi connectivity index (χ0v) is 19.0. The second kappa shape index (κ2) is 9.08. The maximum atomic E-state index is 13.4. The summed E-state index contributed by atoms with van der Waals surface area (Å²) in [5.74, 6) is -5.30. The number of halogens is 4. The molecular weight excluding hydrogens is 504 g/mol. The Morgan fingerprint density at radius 2 is 2.00 bits per heavy atom. The highest BCUT2D eigenvalue weighted by molar-refractivity contribution is 8.14.